The summed E-state index contributed by atoms with van der Waals surface area (Å²) in [4.78, 5) is 24.7. The second kappa shape index (κ2) is 7.06. The van der Waals surface area contributed by atoms with Gasteiger partial charge in [-0.2, -0.15) is 11.8 Å². The van der Waals surface area contributed by atoms with Crippen molar-refractivity contribution >= 4 is 29.2 Å². The van der Waals surface area contributed by atoms with E-state index >= 15 is 0 Å². The number of aliphatic hydroxyl groups is 1. The van der Waals surface area contributed by atoms with Gasteiger partial charge in [-0.3, -0.25) is 10.1 Å². The molecule has 0 fully saturated rings. The van der Waals surface area contributed by atoms with E-state index in [9.17, 15) is 14.9 Å². The van der Waals surface area contributed by atoms with Gasteiger partial charge in [0.25, 0.3) is 0 Å². The summed E-state index contributed by atoms with van der Waals surface area (Å²) in [5.74, 6) is -1.17. The molecule has 0 aliphatic carbocycles. The lowest BCUT2D eigenvalue weighted by Gasteiger charge is -2.21. The van der Waals surface area contributed by atoms with E-state index in [0.717, 1.165) is 12.3 Å². The van der Waals surface area contributed by atoms with Gasteiger partial charge in [-0.1, -0.05) is 0 Å². The van der Waals surface area contributed by atoms with E-state index in [1.807, 2.05) is 6.26 Å². The number of hydrogen-bond donors (Lipinski definition) is 3. The number of aromatic carboxylic acids is 1. The number of carboxylic acid groups (broad SMARTS) is 1. The van der Waals surface area contributed by atoms with Crippen molar-refractivity contribution < 1.29 is 19.9 Å². The van der Waals surface area contributed by atoms with Crippen molar-refractivity contribution in [1.82, 2.24) is 4.98 Å². The molecule has 0 aliphatic rings. The molecule has 0 bridgehead atoms. The largest absolute Gasteiger partial charge is 0.477 e. The minimum absolute atomic E-state index is 0.0475. The topological polar surface area (TPSA) is 126 Å². The van der Waals surface area contributed by atoms with Crippen molar-refractivity contribution in [2.75, 3.05) is 18.2 Å². The number of pyridine rings is 1. The van der Waals surface area contributed by atoms with Crippen LogP contribution in [-0.4, -0.2) is 50.2 Å². The predicted octanol–water partition coefficient (Wildman–Crippen LogP) is 1.21. The van der Waals surface area contributed by atoms with Crippen molar-refractivity contribution in [3.05, 3.63) is 27.9 Å². The van der Waals surface area contributed by atoms with Gasteiger partial charge in [0.1, 0.15) is 17.6 Å². The summed E-state index contributed by atoms with van der Waals surface area (Å²) >= 11 is 1.45. The lowest BCUT2D eigenvalue weighted by Crippen LogP contribution is -2.31. The molecule has 1 heterocycles. The molecule has 0 radical (unpaired) electrons. The molecule has 8 nitrogen and oxygen atoms in total. The van der Waals surface area contributed by atoms with Crippen LogP contribution in [-0.2, 0) is 0 Å². The average Bonchev–Trinajstić information content (AvgIpc) is 2.39. The molecule has 9 heteroatoms. The number of thioether (sulfide) groups is 1. The van der Waals surface area contributed by atoms with Crippen LogP contribution in [0, 0.1) is 10.1 Å². The molecule has 2 unspecified atom stereocenters. The zero-order valence-corrected chi connectivity index (χ0v) is 11.8. The molecule has 1 aromatic rings. The van der Waals surface area contributed by atoms with E-state index in [1.165, 1.54) is 11.8 Å². The second-order valence-electron chi connectivity index (χ2n) is 4.04. The third-order valence-corrected chi connectivity index (χ3v) is 3.89. The molecule has 0 aromatic carbocycles. The van der Waals surface area contributed by atoms with Crippen LogP contribution in [0.15, 0.2) is 12.3 Å². The molecule has 3 N–H and O–H groups in total. The first-order valence-electron chi connectivity index (χ1n) is 5.68. The van der Waals surface area contributed by atoms with Crippen LogP contribution in [0.5, 0.6) is 0 Å². The summed E-state index contributed by atoms with van der Waals surface area (Å²) in [6.45, 7) is 1.76. The number of rotatable bonds is 7. The van der Waals surface area contributed by atoms with Gasteiger partial charge >= 0.3 is 11.7 Å². The first-order valence-corrected chi connectivity index (χ1v) is 6.97. The van der Waals surface area contributed by atoms with Gasteiger partial charge in [0.05, 0.1) is 11.5 Å². The molecule has 1 aromatic heterocycles. The number of aliphatic hydroxyl groups excluding tert-OH is 1. The number of anilines is 1. The molecule has 0 saturated heterocycles. The fraction of sp³-hybridized carbons (Fsp3) is 0.455. The van der Waals surface area contributed by atoms with E-state index in [4.69, 9.17) is 10.2 Å². The Morgan fingerprint density at radius 3 is 2.75 bits per heavy atom. The maximum atomic E-state index is 11.0. The number of nitro groups is 1. The molecule has 2 atom stereocenters. The van der Waals surface area contributed by atoms with Gasteiger partial charge in [0.2, 0.25) is 0 Å². The van der Waals surface area contributed by atoms with Crippen LogP contribution in [0.4, 0.5) is 11.5 Å². The number of nitrogens with zero attached hydrogens (tertiary/aromatic N) is 2. The summed E-state index contributed by atoms with van der Waals surface area (Å²) in [7, 11) is 0. The van der Waals surface area contributed by atoms with Gasteiger partial charge in [-0.15, -0.1) is 0 Å². The summed E-state index contributed by atoms with van der Waals surface area (Å²) in [6, 6.07) is 0.941. The second-order valence-corrected chi connectivity index (χ2v) is 5.12. The maximum absolute atomic E-state index is 11.0. The standard InChI is InChI=1S/C11H15N3O5S/c1-6(9(5-15)20-2)13-10-3-7(11(16)17)8(4-12-10)14(18)19/h3-4,6,9,15H,5H2,1-2H3,(H,12,13)(H,16,17). The Balaban J connectivity index is 3.01. The third-order valence-electron chi connectivity index (χ3n) is 2.73. The first-order chi connectivity index (χ1) is 9.40. The molecular weight excluding hydrogens is 286 g/mol. The Hall–Kier alpha value is -1.87. The van der Waals surface area contributed by atoms with Crippen LogP contribution in [0.1, 0.15) is 17.3 Å². The number of hydrogen-bond acceptors (Lipinski definition) is 7. The number of carbonyl (C=O) groups is 1. The summed E-state index contributed by atoms with van der Waals surface area (Å²) in [6.07, 6.45) is 2.75. The Morgan fingerprint density at radius 2 is 2.30 bits per heavy atom. The fourth-order valence-corrected chi connectivity index (χ4v) is 2.23. The summed E-state index contributed by atoms with van der Waals surface area (Å²) in [5, 5.41) is 31.7. The van der Waals surface area contributed by atoms with Crippen LogP contribution >= 0.6 is 11.8 Å². The number of aromatic nitrogens is 1. The molecule has 0 spiro atoms. The van der Waals surface area contributed by atoms with Crippen molar-refractivity contribution in [2.45, 2.75) is 18.2 Å². The normalized spacial score (nSPS) is 13.6. The third kappa shape index (κ3) is 3.81. The smallest absolute Gasteiger partial charge is 0.342 e. The molecule has 0 amide bonds. The lowest BCUT2D eigenvalue weighted by molar-refractivity contribution is -0.385. The SMILES string of the molecule is CSC(CO)C(C)Nc1cc(C(=O)O)c([N+](=O)[O-])cn1. The Labute approximate surface area is 119 Å². The van der Waals surface area contributed by atoms with E-state index in [-0.39, 0.29) is 23.7 Å². The zero-order valence-electron chi connectivity index (χ0n) is 10.9. The molecule has 1 rings (SSSR count). The first kappa shape index (κ1) is 16.2. The Bertz CT molecular complexity index is 507. The van der Waals surface area contributed by atoms with Crippen molar-refractivity contribution in [3.63, 3.8) is 0 Å². The van der Waals surface area contributed by atoms with Crippen LogP contribution in [0.25, 0.3) is 0 Å². The van der Waals surface area contributed by atoms with E-state index < -0.39 is 22.1 Å². The molecule has 20 heavy (non-hydrogen) atoms. The van der Waals surface area contributed by atoms with Crippen LogP contribution in [0.2, 0.25) is 0 Å². The monoisotopic (exact) mass is 301 g/mol. The average molecular weight is 301 g/mol. The molecule has 0 saturated carbocycles. The highest BCUT2D eigenvalue weighted by Crippen LogP contribution is 2.22. The van der Waals surface area contributed by atoms with Crippen molar-refractivity contribution in [3.8, 4) is 0 Å². The lowest BCUT2D eigenvalue weighted by atomic mass is 10.2. The molecule has 110 valence electrons. The van der Waals surface area contributed by atoms with Crippen LogP contribution in [0.3, 0.4) is 0 Å². The number of nitrogens with one attached hydrogen (secondary N) is 1. The zero-order chi connectivity index (χ0) is 15.3. The number of carboxylic acids is 1. The minimum atomic E-state index is -1.39. The van der Waals surface area contributed by atoms with E-state index in [2.05, 4.69) is 10.3 Å². The fourth-order valence-electron chi connectivity index (χ4n) is 1.61. The van der Waals surface area contributed by atoms with E-state index in [1.54, 1.807) is 6.92 Å². The highest BCUT2D eigenvalue weighted by atomic mass is 32.2. The summed E-state index contributed by atoms with van der Waals surface area (Å²) in [5.41, 5.74) is -0.983. The predicted molar refractivity (Wildman–Crippen MR) is 75.3 cm³/mol. The van der Waals surface area contributed by atoms with E-state index in [0.29, 0.717) is 0 Å². The van der Waals surface area contributed by atoms with Crippen molar-refractivity contribution in [2.24, 2.45) is 0 Å². The minimum Gasteiger partial charge on any atom is -0.477 e. The van der Waals surface area contributed by atoms with Gasteiger partial charge in [-0.25, -0.2) is 9.78 Å². The Morgan fingerprint density at radius 1 is 1.65 bits per heavy atom. The molecular formula is C11H15N3O5S. The quantitative estimate of drug-likeness (QED) is 0.507. The highest BCUT2D eigenvalue weighted by molar-refractivity contribution is 7.99. The highest BCUT2D eigenvalue weighted by Gasteiger charge is 2.22. The summed E-state index contributed by atoms with van der Waals surface area (Å²) < 4.78 is 0. The van der Waals surface area contributed by atoms with Crippen LogP contribution < -0.4 is 5.32 Å². The van der Waals surface area contributed by atoms with Gasteiger partial charge in [-0.05, 0) is 13.2 Å². The molecule has 0 aliphatic heterocycles. The maximum Gasteiger partial charge on any atom is 0.342 e. The van der Waals surface area contributed by atoms with Gasteiger partial charge in [0.15, 0.2) is 0 Å². The van der Waals surface area contributed by atoms with Gasteiger partial charge in [0, 0.05) is 17.4 Å². The van der Waals surface area contributed by atoms with Gasteiger partial charge < -0.3 is 15.5 Å². The van der Waals surface area contributed by atoms with Crippen molar-refractivity contribution in [1.29, 1.82) is 0 Å². The Kier molecular flexibility index (Phi) is 5.71.